The second-order valence-electron chi connectivity index (χ2n) is 7.36. The van der Waals surface area contributed by atoms with E-state index in [1.54, 1.807) is 6.92 Å². The summed E-state index contributed by atoms with van der Waals surface area (Å²) in [5.74, 6) is -1.06. The van der Waals surface area contributed by atoms with Crippen LogP contribution in [0.4, 0.5) is 0 Å². The van der Waals surface area contributed by atoms with Gasteiger partial charge >= 0.3 is 0 Å². The van der Waals surface area contributed by atoms with Gasteiger partial charge in [0.2, 0.25) is 11.8 Å². The molecule has 1 heterocycles. The Morgan fingerprint density at radius 3 is 2.59 bits per heavy atom. The van der Waals surface area contributed by atoms with Crippen molar-refractivity contribution in [1.29, 1.82) is 0 Å². The number of primary amides is 1. The van der Waals surface area contributed by atoms with Gasteiger partial charge < -0.3 is 20.7 Å². The summed E-state index contributed by atoms with van der Waals surface area (Å²) in [5, 5.41) is 2.73. The summed E-state index contributed by atoms with van der Waals surface area (Å²) in [7, 11) is 3.87. The Morgan fingerprint density at radius 2 is 2.00 bits per heavy atom. The molecule has 1 fully saturated rings. The molecule has 0 bridgehead atoms. The van der Waals surface area contributed by atoms with Crippen LogP contribution >= 0.6 is 0 Å². The summed E-state index contributed by atoms with van der Waals surface area (Å²) in [6.07, 6.45) is 1.83. The molecule has 2 rings (SSSR count). The minimum Gasteiger partial charge on any atom is -0.369 e. The lowest BCUT2D eigenvalue weighted by Gasteiger charge is -2.27. The topological polar surface area (TPSA) is 102 Å². The molecule has 1 aromatic rings. The molecule has 7 nitrogen and oxygen atoms in total. The third kappa shape index (κ3) is 5.37. The van der Waals surface area contributed by atoms with Gasteiger partial charge in [-0.25, -0.2) is 0 Å². The molecule has 2 amide bonds. The van der Waals surface area contributed by atoms with E-state index in [-0.39, 0.29) is 24.9 Å². The highest BCUT2D eigenvalue weighted by Crippen LogP contribution is 2.28. The summed E-state index contributed by atoms with van der Waals surface area (Å²) in [6, 6.07) is 8.44. The molecule has 1 radical (unpaired) electrons. The van der Waals surface area contributed by atoms with Crippen LogP contribution in [0.3, 0.4) is 0 Å². The van der Waals surface area contributed by atoms with E-state index in [1.165, 1.54) is 6.42 Å². The highest BCUT2D eigenvalue weighted by molar-refractivity contribution is 5.95. The average Bonchev–Trinajstić information content (AvgIpc) is 2.98. The fourth-order valence-electron chi connectivity index (χ4n) is 3.07. The highest BCUT2D eigenvalue weighted by atomic mass is 16.5. The van der Waals surface area contributed by atoms with Crippen LogP contribution in [0, 0.1) is 6.42 Å². The van der Waals surface area contributed by atoms with E-state index in [0.717, 1.165) is 12.1 Å². The van der Waals surface area contributed by atoms with Crippen molar-refractivity contribution < 1.29 is 19.1 Å². The standard InChI is InChI=1S/C20H28N3O4/c1-20(19(21)26,14-7-5-4-6-8-14)11-9-17(25)22-18-15(24)13-27-16(18)10-12-23(2)3/h4-9,16,18H,10-13H2,1-3H3,(H2,21,26)(H,22,25)/t16-,18?,20?/m0/s1. The van der Waals surface area contributed by atoms with Crippen LogP contribution in [0.5, 0.6) is 0 Å². The Hall–Kier alpha value is -2.25. The summed E-state index contributed by atoms with van der Waals surface area (Å²) in [5.41, 5.74) is 5.34. The van der Waals surface area contributed by atoms with Crippen molar-refractivity contribution in [2.24, 2.45) is 5.73 Å². The lowest BCUT2D eigenvalue weighted by atomic mass is 9.78. The van der Waals surface area contributed by atoms with Crippen LogP contribution in [0.2, 0.25) is 0 Å². The third-order valence-electron chi connectivity index (χ3n) is 4.97. The van der Waals surface area contributed by atoms with E-state index in [4.69, 9.17) is 10.5 Å². The molecule has 0 saturated carbocycles. The van der Waals surface area contributed by atoms with Crippen LogP contribution in [0.15, 0.2) is 30.3 Å². The van der Waals surface area contributed by atoms with Crippen LogP contribution in [-0.2, 0) is 24.5 Å². The van der Waals surface area contributed by atoms with Gasteiger partial charge in [0, 0.05) is 6.54 Å². The molecular formula is C20H28N3O4. The van der Waals surface area contributed by atoms with Crippen LogP contribution in [-0.4, -0.2) is 61.9 Å². The van der Waals surface area contributed by atoms with Crippen molar-refractivity contribution in [3.8, 4) is 0 Å². The maximum Gasteiger partial charge on any atom is 0.227 e. The molecule has 1 aliphatic rings. The van der Waals surface area contributed by atoms with Gasteiger partial charge in [-0.3, -0.25) is 14.4 Å². The Kier molecular flexibility index (Phi) is 7.10. The summed E-state index contributed by atoms with van der Waals surface area (Å²) in [6.45, 7) is 2.46. The van der Waals surface area contributed by atoms with Gasteiger partial charge in [-0.2, -0.15) is 0 Å². The van der Waals surface area contributed by atoms with E-state index < -0.39 is 23.3 Å². The summed E-state index contributed by atoms with van der Waals surface area (Å²) in [4.78, 5) is 38.5. The summed E-state index contributed by atoms with van der Waals surface area (Å²) < 4.78 is 5.50. The number of amides is 2. The van der Waals surface area contributed by atoms with E-state index in [9.17, 15) is 14.4 Å². The number of ketones is 1. The molecule has 0 aliphatic carbocycles. The Morgan fingerprint density at radius 1 is 1.33 bits per heavy atom. The molecule has 1 aliphatic heterocycles. The monoisotopic (exact) mass is 374 g/mol. The quantitative estimate of drug-likeness (QED) is 0.653. The van der Waals surface area contributed by atoms with E-state index in [1.807, 2.05) is 49.3 Å². The Bertz CT molecular complexity index is 677. The lowest BCUT2D eigenvalue weighted by molar-refractivity contribution is -0.125. The number of Topliss-reactive ketones (excluding diaryl/α,β-unsaturated/α-hetero) is 1. The number of nitrogens with zero attached hydrogens (tertiary/aromatic N) is 1. The number of nitrogens with two attached hydrogens (primary N) is 1. The Labute approximate surface area is 160 Å². The fraction of sp³-hybridized carbons (Fsp3) is 0.500. The molecular weight excluding hydrogens is 346 g/mol. The fourth-order valence-corrected chi connectivity index (χ4v) is 3.07. The number of benzene rings is 1. The Balaban J connectivity index is 1.97. The number of carbonyl (C=O) groups is 3. The van der Waals surface area contributed by atoms with E-state index in [2.05, 4.69) is 5.32 Å². The zero-order chi connectivity index (χ0) is 20.0. The molecule has 27 heavy (non-hydrogen) atoms. The largest absolute Gasteiger partial charge is 0.369 e. The first-order valence-corrected chi connectivity index (χ1v) is 9.02. The van der Waals surface area contributed by atoms with Gasteiger partial charge in [0.25, 0.3) is 0 Å². The van der Waals surface area contributed by atoms with Crippen molar-refractivity contribution in [3.05, 3.63) is 42.3 Å². The molecule has 1 saturated heterocycles. The highest BCUT2D eigenvalue weighted by Gasteiger charge is 2.38. The predicted molar refractivity (Wildman–Crippen MR) is 102 cm³/mol. The van der Waals surface area contributed by atoms with E-state index in [0.29, 0.717) is 6.42 Å². The number of carbonyl (C=O) groups excluding carboxylic acids is 3. The van der Waals surface area contributed by atoms with Crippen molar-refractivity contribution in [2.75, 3.05) is 27.2 Å². The molecule has 0 aromatic heterocycles. The minimum absolute atomic E-state index is 0.00601. The number of hydrogen-bond donors (Lipinski definition) is 2. The predicted octanol–water partition coefficient (Wildman–Crippen LogP) is 0.428. The maximum absolute atomic E-state index is 12.4. The molecule has 0 spiro atoms. The van der Waals surface area contributed by atoms with Crippen LogP contribution in [0.1, 0.15) is 25.3 Å². The van der Waals surface area contributed by atoms with Crippen molar-refractivity contribution in [1.82, 2.24) is 10.2 Å². The normalized spacial score (nSPS) is 21.9. The SMILES string of the molecule is CN(C)CC[C@@H]1OCC(=O)C1NC(=O)[CH]CC(C)(C(N)=O)c1ccccc1. The van der Waals surface area contributed by atoms with Gasteiger partial charge in [0.05, 0.1) is 17.9 Å². The molecule has 1 aromatic carbocycles. The van der Waals surface area contributed by atoms with Crippen LogP contribution in [0.25, 0.3) is 0 Å². The number of nitrogens with one attached hydrogen (secondary N) is 1. The van der Waals surface area contributed by atoms with Gasteiger partial charge in [0.1, 0.15) is 12.6 Å². The zero-order valence-corrected chi connectivity index (χ0v) is 16.1. The van der Waals surface area contributed by atoms with Gasteiger partial charge in [-0.15, -0.1) is 0 Å². The first-order valence-electron chi connectivity index (χ1n) is 9.02. The van der Waals surface area contributed by atoms with Gasteiger partial charge in [0.15, 0.2) is 5.78 Å². The number of hydrogen-bond acceptors (Lipinski definition) is 5. The van der Waals surface area contributed by atoms with Crippen LogP contribution < -0.4 is 11.1 Å². The molecule has 7 heteroatoms. The third-order valence-corrected chi connectivity index (χ3v) is 4.97. The first kappa shape index (κ1) is 21.1. The average molecular weight is 374 g/mol. The molecule has 3 atom stereocenters. The smallest absolute Gasteiger partial charge is 0.227 e. The molecule has 3 N–H and O–H groups in total. The lowest BCUT2D eigenvalue weighted by Crippen LogP contribution is -2.46. The molecule has 147 valence electrons. The first-order chi connectivity index (χ1) is 12.7. The second kappa shape index (κ2) is 9.10. The van der Waals surface area contributed by atoms with Gasteiger partial charge in [-0.05, 0) is 39.4 Å². The molecule has 2 unspecified atom stereocenters. The van der Waals surface area contributed by atoms with Crippen molar-refractivity contribution in [2.45, 2.75) is 37.3 Å². The summed E-state index contributed by atoms with van der Waals surface area (Å²) >= 11 is 0. The number of ether oxygens (including phenoxy) is 1. The van der Waals surface area contributed by atoms with Gasteiger partial charge in [-0.1, -0.05) is 30.3 Å². The second-order valence-corrected chi connectivity index (χ2v) is 7.36. The van der Waals surface area contributed by atoms with Crippen molar-refractivity contribution in [3.63, 3.8) is 0 Å². The number of rotatable bonds is 9. The minimum atomic E-state index is -1.00. The van der Waals surface area contributed by atoms with Crippen molar-refractivity contribution >= 4 is 17.6 Å². The maximum atomic E-state index is 12.4. The van der Waals surface area contributed by atoms with E-state index >= 15 is 0 Å². The zero-order valence-electron chi connectivity index (χ0n) is 16.1.